The first-order chi connectivity index (χ1) is 9.17. The van der Waals surface area contributed by atoms with Gasteiger partial charge in [0.1, 0.15) is 0 Å². The van der Waals surface area contributed by atoms with Crippen molar-refractivity contribution in [1.82, 2.24) is 5.32 Å². The maximum Gasteiger partial charge on any atom is 0.170 e. The molecule has 0 radical (unpaired) electrons. The van der Waals surface area contributed by atoms with Crippen LogP contribution in [0.5, 0.6) is 5.75 Å². The van der Waals surface area contributed by atoms with Gasteiger partial charge in [0.25, 0.3) is 0 Å². The van der Waals surface area contributed by atoms with Crippen LogP contribution in [0.1, 0.15) is 24.1 Å². The number of ether oxygens (including phenoxy) is 1. The lowest BCUT2D eigenvalue weighted by molar-refractivity contribution is 0.382. The molecule has 102 valence electrons. The average molecular weight is 344 g/mol. The first kappa shape index (κ1) is 14.5. The Morgan fingerprint density at radius 3 is 2.84 bits per heavy atom. The zero-order chi connectivity index (χ0) is 13.8. The highest BCUT2D eigenvalue weighted by Gasteiger charge is 2.20. The molecule has 1 unspecified atom stereocenters. The smallest absolute Gasteiger partial charge is 0.170 e. The molecule has 1 atom stereocenters. The molecule has 0 saturated heterocycles. The molecule has 2 nitrogen and oxygen atoms in total. The van der Waals surface area contributed by atoms with Gasteiger partial charge in [0.15, 0.2) is 11.6 Å². The van der Waals surface area contributed by atoms with E-state index in [4.69, 9.17) is 4.74 Å². The third kappa shape index (κ3) is 3.16. The summed E-state index contributed by atoms with van der Waals surface area (Å²) in [5, 5.41) is 5.34. The normalized spacial score (nSPS) is 12.4. The van der Waals surface area contributed by atoms with Gasteiger partial charge in [-0.25, -0.2) is 4.39 Å². The maximum absolute atomic E-state index is 14.4. The van der Waals surface area contributed by atoms with Gasteiger partial charge >= 0.3 is 0 Å². The van der Waals surface area contributed by atoms with E-state index in [0.717, 1.165) is 15.9 Å². The summed E-state index contributed by atoms with van der Waals surface area (Å²) in [4.78, 5) is 0. The summed E-state index contributed by atoms with van der Waals surface area (Å²) in [6.07, 6.45) is 0. The highest BCUT2D eigenvalue weighted by molar-refractivity contribution is 9.11. The van der Waals surface area contributed by atoms with E-state index in [0.29, 0.717) is 5.56 Å². The highest BCUT2D eigenvalue weighted by atomic mass is 79.9. The predicted octanol–water partition coefficient (Wildman–Crippen LogP) is 4.36. The van der Waals surface area contributed by atoms with Crippen LogP contribution in [0, 0.1) is 5.82 Å². The van der Waals surface area contributed by atoms with Gasteiger partial charge in [0.05, 0.1) is 16.9 Å². The Balaban J connectivity index is 2.44. The summed E-state index contributed by atoms with van der Waals surface area (Å²) in [6.45, 7) is 2.77. The monoisotopic (exact) mass is 343 g/mol. The van der Waals surface area contributed by atoms with Crippen LogP contribution < -0.4 is 10.1 Å². The molecule has 0 aliphatic carbocycles. The molecule has 5 heteroatoms. The number of thiophene rings is 1. The molecule has 2 aromatic rings. The first-order valence-electron chi connectivity index (χ1n) is 5.97. The third-order valence-corrected chi connectivity index (χ3v) is 4.38. The van der Waals surface area contributed by atoms with Crippen LogP contribution in [0.25, 0.3) is 0 Å². The van der Waals surface area contributed by atoms with Gasteiger partial charge in [0, 0.05) is 5.56 Å². The van der Waals surface area contributed by atoms with Gasteiger partial charge < -0.3 is 10.1 Å². The fraction of sp³-hybridized carbons (Fsp3) is 0.286. The predicted molar refractivity (Wildman–Crippen MR) is 80.5 cm³/mol. The molecule has 19 heavy (non-hydrogen) atoms. The Hall–Kier alpha value is -0.910. The molecule has 1 aromatic heterocycles. The van der Waals surface area contributed by atoms with Gasteiger partial charge in [-0.2, -0.15) is 0 Å². The zero-order valence-corrected chi connectivity index (χ0v) is 13.1. The lowest BCUT2D eigenvalue weighted by Crippen LogP contribution is -2.22. The Labute approximate surface area is 124 Å². The van der Waals surface area contributed by atoms with Crippen LogP contribution in [0.3, 0.4) is 0 Å². The van der Waals surface area contributed by atoms with Gasteiger partial charge in [-0.1, -0.05) is 19.1 Å². The number of halogens is 2. The number of hydrogen-bond acceptors (Lipinski definition) is 3. The standard InChI is InChI=1S/C14H15BrFNOS/c1-3-17-14(9-7-12(15)19-8-9)10-5-4-6-11(18-2)13(10)16/h4-8,14,17H,3H2,1-2H3. The molecule has 1 aromatic carbocycles. The van der Waals surface area contributed by atoms with Crippen molar-refractivity contribution in [2.24, 2.45) is 0 Å². The van der Waals surface area contributed by atoms with Gasteiger partial charge in [0.2, 0.25) is 0 Å². The largest absolute Gasteiger partial charge is 0.494 e. The summed E-state index contributed by atoms with van der Waals surface area (Å²) in [5.74, 6) is -0.0343. The summed E-state index contributed by atoms with van der Waals surface area (Å²) in [5.41, 5.74) is 1.65. The molecule has 0 bridgehead atoms. The Morgan fingerprint density at radius 2 is 2.26 bits per heavy atom. The van der Waals surface area contributed by atoms with Crippen LogP contribution in [0.15, 0.2) is 33.4 Å². The second kappa shape index (κ2) is 6.50. The highest BCUT2D eigenvalue weighted by Crippen LogP contribution is 2.32. The third-order valence-electron chi connectivity index (χ3n) is 2.85. The van der Waals surface area contributed by atoms with Crippen LogP contribution in [-0.2, 0) is 0 Å². The summed E-state index contributed by atoms with van der Waals surface area (Å²) >= 11 is 5.04. The van der Waals surface area contributed by atoms with Crippen LogP contribution in [0.4, 0.5) is 4.39 Å². The second-order valence-corrected chi connectivity index (χ2v) is 6.33. The quantitative estimate of drug-likeness (QED) is 0.870. The van der Waals surface area contributed by atoms with Crippen molar-refractivity contribution in [3.8, 4) is 5.75 Å². The van der Waals surface area contributed by atoms with Gasteiger partial charge in [-0.15, -0.1) is 11.3 Å². The minimum Gasteiger partial charge on any atom is -0.494 e. The first-order valence-corrected chi connectivity index (χ1v) is 7.64. The molecular formula is C14H15BrFNOS. The lowest BCUT2D eigenvalue weighted by atomic mass is 10.0. The number of benzene rings is 1. The lowest BCUT2D eigenvalue weighted by Gasteiger charge is -2.19. The maximum atomic E-state index is 14.4. The molecule has 0 spiro atoms. The zero-order valence-electron chi connectivity index (χ0n) is 10.7. The minimum atomic E-state index is -0.307. The van der Waals surface area contributed by atoms with Crippen molar-refractivity contribution in [3.63, 3.8) is 0 Å². The molecular weight excluding hydrogens is 329 g/mol. The molecule has 0 saturated carbocycles. The van der Waals surface area contributed by atoms with Crippen molar-refractivity contribution in [3.05, 3.63) is 50.4 Å². The molecule has 0 aliphatic rings. The van der Waals surface area contributed by atoms with E-state index in [1.165, 1.54) is 7.11 Å². The minimum absolute atomic E-state index is 0.164. The molecule has 2 rings (SSSR count). The second-order valence-electron chi connectivity index (χ2n) is 4.04. The Morgan fingerprint density at radius 1 is 1.47 bits per heavy atom. The van der Waals surface area contributed by atoms with E-state index < -0.39 is 0 Å². The number of rotatable bonds is 5. The Bertz CT molecular complexity index is 558. The van der Waals surface area contributed by atoms with Crippen molar-refractivity contribution < 1.29 is 9.13 Å². The summed E-state index contributed by atoms with van der Waals surface area (Å²) in [7, 11) is 1.48. The topological polar surface area (TPSA) is 21.3 Å². The Kier molecular flexibility index (Phi) is 4.96. The van der Waals surface area contributed by atoms with E-state index >= 15 is 0 Å². The average Bonchev–Trinajstić information content (AvgIpc) is 2.83. The fourth-order valence-corrected chi connectivity index (χ4v) is 3.20. The van der Waals surface area contributed by atoms with Crippen LogP contribution >= 0.6 is 27.3 Å². The van der Waals surface area contributed by atoms with E-state index in [1.807, 2.05) is 24.4 Å². The molecule has 0 fully saturated rings. The number of nitrogens with one attached hydrogen (secondary N) is 1. The van der Waals surface area contributed by atoms with E-state index in [9.17, 15) is 4.39 Å². The van der Waals surface area contributed by atoms with E-state index in [-0.39, 0.29) is 17.6 Å². The molecule has 1 heterocycles. The number of hydrogen-bond donors (Lipinski definition) is 1. The molecule has 0 amide bonds. The van der Waals surface area contributed by atoms with Crippen molar-refractivity contribution in [1.29, 1.82) is 0 Å². The van der Waals surface area contributed by atoms with E-state index in [1.54, 1.807) is 23.5 Å². The number of methoxy groups -OCH3 is 1. The van der Waals surface area contributed by atoms with Crippen LogP contribution in [-0.4, -0.2) is 13.7 Å². The summed E-state index contributed by atoms with van der Waals surface area (Å²) in [6, 6.07) is 7.07. The van der Waals surface area contributed by atoms with E-state index in [2.05, 4.69) is 21.2 Å². The fourth-order valence-electron chi connectivity index (χ4n) is 1.99. The van der Waals surface area contributed by atoms with Crippen molar-refractivity contribution in [2.75, 3.05) is 13.7 Å². The van der Waals surface area contributed by atoms with Crippen LogP contribution in [0.2, 0.25) is 0 Å². The van der Waals surface area contributed by atoms with Crippen molar-refractivity contribution >= 4 is 27.3 Å². The van der Waals surface area contributed by atoms with Gasteiger partial charge in [-0.3, -0.25) is 0 Å². The van der Waals surface area contributed by atoms with Crippen molar-refractivity contribution in [2.45, 2.75) is 13.0 Å². The molecule has 0 aliphatic heterocycles. The SMILES string of the molecule is CCNC(c1csc(Br)c1)c1cccc(OC)c1F. The molecule has 1 N–H and O–H groups in total. The summed E-state index contributed by atoms with van der Waals surface area (Å²) < 4.78 is 20.4. The van der Waals surface area contributed by atoms with Gasteiger partial charge in [-0.05, 0) is 45.6 Å².